The number of hydrogen-bond acceptors (Lipinski definition) is 4. The SMILES string of the molecule is CCCCC(C)Nc1nc(NCCC)nc2ccccc12. The van der Waals surface area contributed by atoms with Crippen LogP contribution in [0.2, 0.25) is 0 Å². The number of nitrogens with zero attached hydrogens (tertiary/aromatic N) is 2. The van der Waals surface area contributed by atoms with Crippen LogP contribution in [-0.2, 0) is 0 Å². The molecular weight excluding hydrogens is 260 g/mol. The Morgan fingerprint density at radius 1 is 1.10 bits per heavy atom. The lowest BCUT2D eigenvalue weighted by atomic mass is 10.1. The second-order valence-electron chi connectivity index (χ2n) is 5.53. The van der Waals surface area contributed by atoms with Crippen molar-refractivity contribution in [2.24, 2.45) is 0 Å². The Labute approximate surface area is 127 Å². The van der Waals surface area contributed by atoms with Crippen molar-refractivity contribution in [1.29, 1.82) is 0 Å². The van der Waals surface area contributed by atoms with Crippen molar-refractivity contribution >= 4 is 22.7 Å². The van der Waals surface area contributed by atoms with Crippen molar-refractivity contribution in [3.63, 3.8) is 0 Å². The molecule has 21 heavy (non-hydrogen) atoms. The van der Waals surface area contributed by atoms with Crippen LogP contribution in [0, 0.1) is 0 Å². The van der Waals surface area contributed by atoms with Gasteiger partial charge in [0.1, 0.15) is 5.82 Å². The Bertz CT molecular complexity index is 568. The molecule has 4 heteroatoms. The van der Waals surface area contributed by atoms with Gasteiger partial charge < -0.3 is 10.6 Å². The monoisotopic (exact) mass is 286 g/mol. The third-order valence-electron chi connectivity index (χ3n) is 3.51. The van der Waals surface area contributed by atoms with E-state index < -0.39 is 0 Å². The minimum absolute atomic E-state index is 0.419. The molecule has 0 spiro atoms. The summed E-state index contributed by atoms with van der Waals surface area (Å²) in [5, 5.41) is 7.91. The molecule has 0 bridgehead atoms. The molecule has 0 saturated carbocycles. The maximum Gasteiger partial charge on any atom is 0.225 e. The smallest absolute Gasteiger partial charge is 0.225 e. The second-order valence-corrected chi connectivity index (χ2v) is 5.53. The number of rotatable bonds is 8. The number of nitrogens with one attached hydrogen (secondary N) is 2. The first-order valence-electron chi connectivity index (χ1n) is 8.01. The van der Waals surface area contributed by atoms with Crippen LogP contribution in [0.15, 0.2) is 24.3 Å². The lowest BCUT2D eigenvalue weighted by Crippen LogP contribution is -2.17. The Hall–Kier alpha value is -1.84. The molecular formula is C17H26N4. The lowest BCUT2D eigenvalue weighted by molar-refractivity contribution is 0.644. The highest BCUT2D eigenvalue weighted by Crippen LogP contribution is 2.23. The van der Waals surface area contributed by atoms with E-state index >= 15 is 0 Å². The Morgan fingerprint density at radius 3 is 2.67 bits per heavy atom. The zero-order valence-corrected chi connectivity index (χ0v) is 13.3. The third kappa shape index (κ3) is 4.31. The molecule has 4 nitrogen and oxygen atoms in total. The molecule has 2 aromatic rings. The van der Waals surface area contributed by atoms with Gasteiger partial charge >= 0.3 is 0 Å². The highest BCUT2D eigenvalue weighted by molar-refractivity contribution is 5.90. The average Bonchev–Trinajstić information content (AvgIpc) is 2.51. The number of aromatic nitrogens is 2. The largest absolute Gasteiger partial charge is 0.367 e. The van der Waals surface area contributed by atoms with Gasteiger partial charge in [-0.1, -0.05) is 38.8 Å². The zero-order chi connectivity index (χ0) is 15.1. The minimum atomic E-state index is 0.419. The van der Waals surface area contributed by atoms with Crippen molar-refractivity contribution in [3.8, 4) is 0 Å². The minimum Gasteiger partial charge on any atom is -0.367 e. The molecule has 0 saturated heterocycles. The molecule has 0 amide bonds. The van der Waals surface area contributed by atoms with Gasteiger partial charge in [-0.05, 0) is 31.9 Å². The molecule has 114 valence electrons. The van der Waals surface area contributed by atoms with Crippen molar-refractivity contribution in [3.05, 3.63) is 24.3 Å². The molecule has 2 rings (SSSR count). The van der Waals surface area contributed by atoms with Crippen molar-refractivity contribution < 1.29 is 0 Å². The molecule has 0 aliphatic rings. The summed E-state index contributed by atoms with van der Waals surface area (Å²) in [5.74, 6) is 1.64. The predicted octanol–water partition coefficient (Wildman–Crippen LogP) is 4.44. The number of fused-ring (bicyclic) bond motifs is 1. The van der Waals surface area contributed by atoms with Crippen LogP contribution in [0.3, 0.4) is 0 Å². The summed E-state index contributed by atoms with van der Waals surface area (Å²) < 4.78 is 0. The average molecular weight is 286 g/mol. The van der Waals surface area contributed by atoms with E-state index in [2.05, 4.69) is 47.4 Å². The van der Waals surface area contributed by atoms with E-state index in [9.17, 15) is 0 Å². The Kier molecular flexibility index (Phi) is 5.78. The topological polar surface area (TPSA) is 49.8 Å². The molecule has 1 heterocycles. The van der Waals surface area contributed by atoms with Crippen molar-refractivity contribution in [1.82, 2.24) is 9.97 Å². The van der Waals surface area contributed by atoms with Crippen LogP contribution in [0.5, 0.6) is 0 Å². The summed E-state index contributed by atoms with van der Waals surface area (Å²) in [6.07, 6.45) is 4.68. The standard InChI is InChI=1S/C17H26N4/c1-4-6-9-13(3)19-16-14-10-7-8-11-15(14)20-17(21-16)18-12-5-2/h7-8,10-11,13H,4-6,9,12H2,1-3H3,(H2,18,19,20,21). The zero-order valence-electron chi connectivity index (χ0n) is 13.3. The molecule has 1 atom stereocenters. The van der Waals surface area contributed by atoms with Crippen molar-refractivity contribution in [2.75, 3.05) is 17.2 Å². The summed E-state index contributed by atoms with van der Waals surface area (Å²) in [6.45, 7) is 7.47. The fourth-order valence-electron chi connectivity index (χ4n) is 2.32. The first-order valence-corrected chi connectivity index (χ1v) is 8.01. The molecule has 0 aliphatic heterocycles. The van der Waals surface area contributed by atoms with Crippen LogP contribution in [0.25, 0.3) is 10.9 Å². The van der Waals surface area contributed by atoms with Crippen LogP contribution in [0.4, 0.5) is 11.8 Å². The van der Waals surface area contributed by atoms with Gasteiger partial charge in [0.2, 0.25) is 5.95 Å². The number of anilines is 2. The van der Waals surface area contributed by atoms with Gasteiger partial charge in [-0.3, -0.25) is 0 Å². The molecule has 0 radical (unpaired) electrons. The second kappa shape index (κ2) is 7.81. The normalized spacial score (nSPS) is 12.3. The number of unbranched alkanes of at least 4 members (excludes halogenated alkanes) is 1. The van der Waals surface area contributed by atoms with Gasteiger partial charge in [0.25, 0.3) is 0 Å². The Balaban J connectivity index is 2.26. The molecule has 0 fully saturated rings. The molecule has 1 aromatic carbocycles. The molecule has 1 aromatic heterocycles. The van der Waals surface area contributed by atoms with E-state index in [0.717, 1.165) is 36.1 Å². The van der Waals surface area contributed by atoms with Gasteiger partial charge in [0.05, 0.1) is 5.52 Å². The van der Waals surface area contributed by atoms with Crippen LogP contribution in [-0.4, -0.2) is 22.6 Å². The number of benzene rings is 1. The summed E-state index contributed by atoms with van der Waals surface area (Å²) in [4.78, 5) is 9.23. The summed E-state index contributed by atoms with van der Waals surface area (Å²) >= 11 is 0. The molecule has 1 unspecified atom stereocenters. The highest BCUT2D eigenvalue weighted by Gasteiger charge is 2.09. The fourth-order valence-corrected chi connectivity index (χ4v) is 2.32. The van der Waals surface area contributed by atoms with Gasteiger partial charge in [-0.25, -0.2) is 4.98 Å². The van der Waals surface area contributed by atoms with E-state index in [1.807, 2.05) is 18.2 Å². The summed E-state index contributed by atoms with van der Waals surface area (Å²) in [5.41, 5.74) is 0.983. The van der Waals surface area contributed by atoms with E-state index in [4.69, 9.17) is 0 Å². The highest BCUT2D eigenvalue weighted by atomic mass is 15.1. The first-order chi connectivity index (χ1) is 10.2. The Morgan fingerprint density at radius 2 is 1.90 bits per heavy atom. The van der Waals surface area contributed by atoms with Gasteiger partial charge in [-0.2, -0.15) is 4.98 Å². The van der Waals surface area contributed by atoms with Crippen LogP contribution < -0.4 is 10.6 Å². The first kappa shape index (κ1) is 15.5. The lowest BCUT2D eigenvalue weighted by Gasteiger charge is -2.16. The van der Waals surface area contributed by atoms with Gasteiger partial charge in [-0.15, -0.1) is 0 Å². The molecule has 2 N–H and O–H groups in total. The van der Waals surface area contributed by atoms with E-state index in [1.54, 1.807) is 0 Å². The van der Waals surface area contributed by atoms with E-state index in [0.29, 0.717) is 12.0 Å². The third-order valence-corrected chi connectivity index (χ3v) is 3.51. The summed E-state index contributed by atoms with van der Waals surface area (Å²) in [6, 6.07) is 8.59. The maximum atomic E-state index is 4.65. The van der Waals surface area contributed by atoms with Gasteiger partial charge in [0, 0.05) is 18.0 Å². The maximum absolute atomic E-state index is 4.65. The predicted molar refractivity (Wildman–Crippen MR) is 90.9 cm³/mol. The van der Waals surface area contributed by atoms with Gasteiger partial charge in [0.15, 0.2) is 0 Å². The number of para-hydroxylation sites is 1. The van der Waals surface area contributed by atoms with Crippen LogP contribution in [0.1, 0.15) is 46.5 Å². The molecule has 0 aliphatic carbocycles. The van der Waals surface area contributed by atoms with Crippen LogP contribution >= 0.6 is 0 Å². The quantitative estimate of drug-likeness (QED) is 0.753. The van der Waals surface area contributed by atoms with Crippen molar-refractivity contribution in [2.45, 2.75) is 52.5 Å². The summed E-state index contributed by atoms with van der Waals surface area (Å²) in [7, 11) is 0. The number of hydrogen-bond donors (Lipinski definition) is 2. The van der Waals surface area contributed by atoms with E-state index in [1.165, 1.54) is 12.8 Å². The van der Waals surface area contributed by atoms with E-state index in [-0.39, 0.29) is 0 Å². The fraction of sp³-hybridized carbons (Fsp3) is 0.529.